The van der Waals surface area contributed by atoms with Crippen molar-refractivity contribution in [3.05, 3.63) is 375 Å². The highest BCUT2D eigenvalue weighted by atomic mass is 15.2. The molecule has 1 aliphatic carbocycles. The summed E-state index contributed by atoms with van der Waals surface area (Å²) in [6.45, 7) is 12.9. The summed E-state index contributed by atoms with van der Waals surface area (Å²) in [5, 5.41) is 4.74. The number of benzene rings is 14. The highest BCUT2D eigenvalue weighted by Crippen LogP contribution is 2.54. The van der Waals surface area contributed by atoms with Crippen LogP contribution in [-0.2, 0) is 5.41 Å². The maximum absolute atomic E-state index is 4.03. The Labute approximate surface area is 566 Å². The van der Waals surface area contributed by atoms with Crippen LogP contribution in [0, 0.1) is 0 Å². The van der Waals surface area contributed by atoms with Gasteiger partial charge >= 0.3 is 0 Å². The number of hydrogen-bond donors (Lipinski definition) is 0. The molecule has 97 heavy (non-hydrogen) atoms. The molecule has 6 heteroatoms. The maximum Gasteiger partial charge on any atom is 0.0542 e. The largest absolute Gasteiger partial charge is 0.311 e. The number of para-hydroxylation sites is 6. The average Bonchev–Trinajstić information content (AvgIpc) is 1.61. The lowest BCUT2D eigenvalue weighted by atomic mass is 9.82. The molecule has 1 aliphatic rings. The van der Waals surface area contributed by atoms with Gasteiger partial charge in [-0.2, -0.15) is 0 Å². The Morgan fingerprint density at radius 2 is 0.505 bits per heavy atom. The molecule has 0 fully saturated rings. The van der Waals surface area contributed by atoms with Crippen molar-refractivity contribution in [2.75, 3.05) is 19.6 Å². The first-order valence-corrected chi connectivity index (χ1v) is 33.2. The van der Waals surface area contributed by atoms with Gasteiger partial charge in [-0.25, -0.2) is 0 Å². The number of fused-ring (bicyclic) bond motifs is 9. The number of anilines is 12. The molecular weight excluding hydrogens is 1180 g/mol. The minimum Gasteiger partial charge on any atom is -0.311 e. The van der Waals surface area contributed by atoms with Crippen molar-refractivity contribution < 1.29 is 0 Å². The second kappa shape index (κ2) is 24.0. The second-order valence-corrected chi connectivity index (χ2v) is 25.5. The first-order valence-electron chi connectivity index (χ1n) is 33.2. The van der Waals surface area contributed by atoms with E-state index in [0.29, 0.717) is 0 Å². The Balaban J connectivity index is 0.802. The van der Waals surface area contributed by atoms with E-state index in [-0.39, 0.29) is 0 Å². The van der Waals surface area contributed by atoms with Gasteiger partial charge in [-0.1, -0.05) is 185 Å². The number of rotatable bonds is 16. The minimum atomic E-state index is -0.406. The summed E-state index contributed by atoms with van der Waals surface area (Å²) in [5.74, 6) is 0. The summed E-state index contributed by atoms with van der Waals surface area (Å²) in [7, 11) is 0. The molecular formula is C91H68N6. The van der Waals surface area contributed by atoms with E-state index in [2.05, 4.69) is 395 Å². The molecule has 16 aromatic rings. The van der Waals surface area contributed by atoms with Crippen LogP contribution in [0.2, 0.25) is 0 Å². The molecule has 0 spiro atoms. The summed E-state index contributed by atoms with van der Waals surface area (Å²) in [6.07, 6.45) is 3.80. The summed E-state index contributed by atoms with van der Waals surface area (Å²) in [5.41, 5.74) is 26.5. The first-order chi connectivity index (χ1) is 47.8. The summed E-state index contributed by atoms with van der Waals surface area (Å²) in [4.78, 5) is 9.53. The van der Waals surface area contributed by atoms with Crippen molar-refractivity contribution >= 4 is 124 Å². The van der Waals surface area contributed by atoms with Crippen molar-refractivity contribution in [1.82, 2.24) is 9.13 Å². The van der Waals surface area contributed by atoms with E-state index in [4.69, 9.17) is 0 Å². The topological polar surface area (TPSA) is 22.8 Å². The third-order valence-corrected chi connectivity index (χ3v) is 19.6. The quantitative estimate of drug-likeness (QED) is 0.0962. The van der Waals surface area contributed by atoms with E-state index in [9.17, 15) is 0 Å². The van der Waals surface area contributed by atoms with Gasteiger partial charge < -0.3 is 28.7 Å². The zero-order chi connectivity index (χ0) is 65.1. The van der Waals surface area contributed by atoms with Crippen LogP contribution in [0.3, 0.4) is 0 Å². The summed E-state index contributed by atoms with van der Waals surface area (Å²) >= 11 is 0. The minimum absolute atomic E-state index is 0.406. The third-order valence-electron chi connectivity index (χ3n) is 19.6. The van der Waals surface area contributed by atoms with Gasteiger partial charge in [-0.05, 0) is 228 Å². The van der Waals surface area contributed by atoms with Crippen LogP contribution < -0.4 is 19.6 Å². The van der Waals surface area contributed by atoms with Crippen LogP contribution in [0.15, 0.2) is 353 Å². The number of hydrogen-bond acceptors (Lipinski definition) is 4. The van der Waals surface area contributed by atoms with Gasteiger partial charge in [0.15, 0.2) is 0 Å². The van der Waals surface area contributed by atoms with E-state index in [0.717, 1.165) is 113 Å². The van der Waals surface area contributed by atoms with Crippen molar-refractivity contribution in [1.29, 1.82) is 0 Å². The smallest absolute Gasteiger partial charge is 0.0542 e. The van der Waals surface area contributed by atoms with Gasteiger partial charge in [0.2, 0.25) is 0 Å². The Hall–Kier alpha value is -12.6. The number of nitrogens with zero attached hydrogens (tertiary/aromatic N) is 6. The Bertz CT molecular complexity index is 5190. The van der Waals surface area contributed by atoms with Gasteiger partial charge in [-0.3, -0.25) is 0 Å². The fraction of sp³-hybridized carbons (Fsp3) is 0.0330. The van der Waals surface area contributed by atoms with Crippen LogP contribution in [0.5, 0.6) is 0 Å². The highest BCUT2D eigenvalue weighted by Gasteiger charge is 2.37. The molecule has 0 saturated carbocycles. The van der Waals surface area contributed by atoms with Gasteiger partial charge in [-0.15, -0.1) is 0 Å². The molecule has 462 valence electrons. The lowest BCUT2D eigenvalue weighted by Crippen LogP contribution is -2.18. The Morgan fingerprint density at radius 1 is 0.247 bits per heavy atom. The molecule has 17 rings (SSSR count). The zero-order valence-corrected chi connectivity index (χ0v) is 54.1. The van der Waals surface area contributed by atoms with E-state index in [1.54, 1.807) is 0 Å². The maximum atomic E-state index is 4.03. The summed E-state index contributed by atoms with van der Waals surface area (Å²) in [6, 6.07) is 124. The van der Waals surface area contributed by atoms with E-state index in [1.807, 2.05) is 12.2 Å². The standard InChI is InChI=1S/C91H68N6/c1-5-63-35-39-73(40-36-63)96-87-33-21-19-31-81(87)83-59-75(53-57-89(83)96)94(71-47-43-69(44-48-71)92(65-23-11-7-12-24-65)66-25-13-8-14-26-66)77-51-55-79-80-56-52-78(62-86(80)91(3,4)85(79)61-77)95(72-49-45-70(46-50-72)93(67-27-15-9-16-28-67)68-29-17-10-18-30-68)76-54-58-90-84(60-76)82-32-20-22-34-88(82)97(90)74-41-37-64(6-2)38-42-74/h5-62H,1-2H2,3-4H3. The van der Waals surface area contributed by atoms with Crippen LogP contribution in [-0.4, -0.2) is 9.13 Å². The Kier molecular flexibility index (Phi) is 14.4. The Morgan fingerprint density at radius 3 is 0.835 bits per heavy atom. The molecule has 0 aliphatic heterocycles. The number of aromatic nitrogens is 2. The molecule has 0 amide bonds. The first kappa shape index (κ1) is 58.2. The molecule has 2 aromatic heterocycles. The fourth-order valence-corrected chi connectivity index (χ4v) is 14.9. The predicted molar refractivity (Wildman–Crippen MR) is 412 cm³/mol. The van der Waals surface area contributed by atoms with Crippen LogP contribution in [0.1, 0.15) is 36.1 Å². The highest BCUT2D eigenvalue weighted by molar-refractivity contribution is 6.12. The van der Waals surface area contributed by atoms with E-state index < -0.39 is 5.41 Å². The molecule has 6 nitrogen and oxygen atoms in total. The van der Waals surface area contributed by atoms with Crippen molar-refractivity contribution in [3.8, 4) is 22.5 Å². The molecule has 0 radical (unpaired) electrons. The zero-order valence-electron chi connectivity index (χ0n) is 54.1. The van der Waals surface area contributed by atoms with Crippen molar-refractivity contribution in [2.24, 2.45) is 0 Å². The van der Waals surface area contributed by atoms with E-state index >= 15 is 0 Å². The summed E-state index contributed by atoms with van der Waals surface area (Å²) < 4.78 is 4.77. The van der Waals surface area contributed by atoms with Crippen LogP contribution in [0.4, 0.5) is 68.2 Å². The molecule has 14 aromatic carbocycles. The predicted octanol–water partition coefficient (Wildman–Crippen LogP) is 25.4. The van der Waals surface area contributed by atoms with E-state index in [1.165, 1.54) is 43.8 Å². The average molecular weight is 1250 g/mol. The molecule has 0 saturated heterocycles. The lowest BCUT2D eigenvalue weighted by molar-refractivity contribution is 0.660. The molecule has 0 bridgehead atoms. The SMILES string of the molecule is C=Cc1ccc(-n2c3ccccc3c3cc(N(c4ccc(N(c5ccccc5)c5ccccc5)cc4)c4ccc5c(c4)C(C)(C)c4cc(N(c6ccc(N(c7ccccc7)c7ccccc7)cc6)c6ccc7c(c6)c6ccccc6n7-c6ccc(C=C)cc6)ccc4-5)ccc32)cc1. The molecule has 2 heterocycles. The van der Waals surface area contributed by atoms with Crippen LogP contribution in [0.25, 0.3) is 78.3 Å². The van der Waals surface area contributed by atoms with Gasteiger partial charge in [0.25, 0.3) is 0 Å². The van der Waals surface area contributed by atoms with Gasteiger partial charge in [0.05, 0.1) is 22.1 Å². The fourth-order valence-electron chi connectivity index (χ4n) is 14.9. The van der Waals surface area contributed by atoms with Crippen molar-refractivity contribution in [3.63, 3.8) is 0 Å². The molecule has 0 unspecified atom stereocenters. The van der Waals surface area contributed by atoms with Gasteiger partial charge in [0, 0.05) is 107 Å². The van der Waals surface area contributed by atoms with Crippen LogP contribution >= 0.6 is 0 Å². The third kappa shape index (κ3) is 10.1. The normalized spacial score (nSPS) is 12.2. The molecule has 0 atom stereocenters. The monoisotopic (exact) mass is 1240 g/mol. The molecule has 0 N–H and O–H groups in total. The second-order valence-electron chi connectivity index (χ2n) is 25.5. The lowest BCUT2D eigenvalue weighted by Gasteiger charge is -2.30. The van der Waals surface area contributed by atoms with Gasteiger partial charge in [0.1, 0.15) is 0 Å². The van der Waals surface area contributed by atoms with Crippen molar-refractivity contribution in [2.45, 2.75) is 19.3 Å².